The highest BCUT2D eigenvalue weighted by molar-refractivity contribution is 7.10. The third kappa shape index (κ3) is 2.95. The summed E-state index contributed by atoms with van der Waals surface area (Å²) in [5.74, 6) is -1.77. The van der Waals surface area contributed by atoms with Gasteiger partial charge in [0, 0.05) is 11.9 Å². The molecular formula is C12H12F3NO3S. The molecule has 1 aliphatic heterocycles. The molecule has 0 radical (unpaired) electrons. The van der Waals surface area contributed by atoms with Crippen LogP contribution in [0, 0.1) is 0 Å². The number of carboxylic acid groups (broad SMARTS) is 1. The maximum atomic E-state index is 12.5. The van der Waals surface area contributed by atoms with E-state index in [0.29, 0.717) is 30.6 Å². The van der Waals surface area contributed by atoms with Crippen molar-refractivity contribution in [2.45, 2.75) is 31.5 Å². The molecule has 1 unspecified atom stereocenters. The molecule has 2 rings (SSSR count). The molecular weight excluding hydrogens is 295 g/mol. The number of amides is 1. The zero-order valence-corrected chi connectivity index (χ0v) is 11.1. The summed E-state index contributed by atoms with van der Waals surface area (Å²) in [6.07, 6.45) is -2.81. The molecule has 1 aliphatic rings. The average Bonchev–Trinajstić information content (AvgIpc) is 2.87. The highest BCUT2D eigenvalue weighted by Crippen LogP contribution is 2.34. The van der Waals surface area contributed by atoms with E-state index in [1.165, 1.54) is 0 Å². The fraction of sp³-hybridized carbons (Fsp3) is 0.500. The van der Waals surface area contributed by atoms with Gasteiger partial charge in [0.25, 0.3) is 5.91 Å². The van der Waals surface area contributed by atoms with Gasteiger partial charge in [-0.3, -0.25) is 4.79 Å². The summed E-state index contributed by atoms with van der Waals surface area (Å²) < 4.78 is 37.5. The van der Waals surface area contributed by atoms with Crippen LogP contribution in [0.4, 0.5) is 13.2 Å². The van der Waals surface area contributed by atoms with Crippen molar-refractivity contribution >= 4 is 23.2 Å². The van der Waals surface area contributed by atoms with Gasteiger partial charge in [0.2, 0.25) is 0 Å². The molecule has 20 heavy (non-hydrogen) atoms. The number of nitrogens with zero attached hydrogens (tertiary/aromatic N) is 1. The summed E-state index contributed by atoms with van der Waals surface area (Å²) in [6.45, 7) is 0.257. The van der Waals surface area contributed by atoms with Crippen LogP contribution < -0.4 is 0 Å². The first kappa shape index (κ1) is 14.8. The Bertz CT molecular complexity index is 526. The van der Waals surface area contributed by atoms with Gasteiger partial charge in [0.15, 0.2) is 0 Å². The Morgan fingerprint density at radius 1 is 1.35 bits per heavy atom. The lowest BCUT2D eigenvalue weighted by Gasteiger charge is -2.32. The number of thiophene rings is 1. The average molecular weight is 307 g/mol. The Morgan fingerprint density at radius 2 is 2.05 bits per heavy atom. The van der Waals surface area contributed by atoms with E-state index in [2.05, 4.69) is 0 Å². The SMILES string of the molecule is O=C(O)C1CCCCN1C(=O)c1csc(C(F)(F)F)c1. The van der Waals surface area contributed by atoms with Gasteiger partial charge in [-0.15, -0.1) is 11.3 Å². The molecule has 0 saturated carbocycles. The lowest BCUT2D eigenvalue weighted by molar-refractivity contribution is -0.143. The number of alkyl halides is 3. The molecule has 4 nitrogen and oxygen atoms in total. The molecule has 1 saturated heterocycles. The van der Waals surface area contributed by atoms with Crippen molar-refractivity contribution in [1.29, 1.82) is 0 Å². The van der Waals surface area contributed by atoms with Gasteiger partial charge in [0.05, 0.1) is 5.56 Å². The predicted octanol–water partition coefficient (Wildman–Crippen LogP) is 2.85. The van der Waals surface area contributed by atoms with E-state index in [1.54, 1.807) is 0 Å². The molecule has 0 aromatic carbocycles. The first-order chi connectivity index (χ1) is 9.30. The van der Waals surface area contributed by atoms with Crippen molar-refractivity contribution in [3.05, 3.63) is 21.9 Å². The van der Waals surface area contributed by atoms with E-state index in [-0.39, 0.29) is 12.1 Å². The van der Waals surface area contributed by atoms with Gasteiger partial charge in [-0.2, -0.15) is 13.2 Å². The quantitative estimate of drug-likeness (QED) is 0.914. The van der Waals surface area contributed by atoms with Crippen LogP contribution in [-0.2, 0) is 11.0 Å². The van der Waals surface area contributed by atoms with Gasteiger partial charge in [0.1, 0.15) is 10.9 Å². The standard InChI is InChI=1S/C12H12F3NO3S/c13-12(14,15)9-5-7(6-20-9)10(17)16-4-2-1-3-8(16)11(18)19/h5-6,8H,1-4H2,(H,18,19). The van der Waals surface area contributed by atoms with Crippen molar-refractivity contribution in [3.8, 4) is 0 Å². The molecule has 0 aliphatic carbocycles. The molecule has 0 bridgehead atoms. The van der Waals surface area contributed by atoms with Crippen molar-refractivity contribution < 1.29 is 27.9 Å². The molecule has 1 atom stereocenters. The van der Waals surface area contributed by atoms with E-state index in [1.807, 2.05) is 0 Å². The van der Waals surface area contributed by atoms with E-state index in [4.69, 9.17) is 5.11 Å². The van der Waals surface area contributed by atoms with Crippen LogP contribution >= 0.6 is 11.3 Å². The summed E-state index contributed by atoms with van der Waals surface area (Å²) in [5, 5.41) is 10.2. The number of carbonyl (C=O) groups is 2. The molecule has 1 N–H and O–H groups in total. The molecule has 1 amide bonds. The number of carbonyl (C=O) groups excluding carboxylic acids is 1. The van der Waals surface area contributed by atoms with E-state index in [9.17, 15) is 22.8 Å². The second kappa shape index (κ2) is 5.43. The zero-order valence-electron chi connectivity index (χ0n) is 10.3. The Hall–Kier alpha value is -1.57. The maximum absolute atomic E-state index is 12.5. The van der Waals surface area contributed by atoms with Crippen LogP contribution in [0.3, 0.4) is 0 Å². The monoisotopic (exact) mass is 307 g/mol. The largest absolute Gasteiger partial charge is 0.480 e. The summed E-state index contributed by atoms with van der Waals surface area (Å²) >= 11 is 0.439. The molecule has 1 aromatic heterocycles. The fourth-order valence-corrected chi connectivity index (χ4v) is 2.95. The number of likely N-dealkylation sites (tertiary alicyclic amines) is 1. The van der Waals surface area contributed by atoms with Crippen molar-refractivity contribution in [3.63, 3.8) is 0 Å². The highest BCUT2D eigenvalue weighted by Gasteiger charge is 2.36. The number of carboxylic acids is 1. The third-order valence-electron chi connectivity index (χ3n) is 3.17. The van der Waals surface area contributed by atoms with E-state index < -0.39 is 29.0 Å². The number of hydrogen-bond donors (Lipinski definition) is 1. The van der Waals surface area contributed by atoms with Gasteiger partial charge in [-0.25, -0.2) is 4.79 Å². The summed E-state index contributed by atoms with van der Waals surface area (Å²) in [7, 11) is 0. The number of aliphatic carboxylic acids is 1. The Labute approximate surface area is 116 Å². The topological polar surface area (TPSA) is 57.6 Å². The number of hydrogen-bond acceptors (Lipinski definition) is 3. The predicted molar refractivity (Wildman–Crippen MR) is 65.6 cm³/mol. The van der Waals surface area contributed by atoms with Gasteiger partial charge >= 0.3 is 12.1 Å². The molecule has 1 aromatic rings. The van der Waals surface area contributed by atoms with Crippen LogP contribution in [-0.4, -0.2) is 34.5 Å². The summed E-state index contributed by atoms with van der Waals surface area (Å²) in [4.78, 5) is 23.5. The van der Waals surface area contributed by atoms with Crippen LogP contribution in [0.5, 0.6) is 0 Å². The van der Waals surface area contributed by atoms with Crippen molar-refractivity contribution in [1.82, 2.24) is 4.90 Å². The minimum Gasteiger partial charge on any atom is -0.480 e. The van der Waals surface area contributed by atoms with Gasteiger partial charge in [-0.1, -0.05) is 0 Å². The summed E-state index contributed by atoms with van der Waals surface area (Å²) in [5.41, 5.74) is -0.101. The lowest BCUT2D eigenvalue weighted by atomic mass is 10.0. The van der Waals surface area contributed by atoms with Crippen LogP contribution in [0.15, 0.2) is 11.4 Å². The maximum Gasteiger partial charge on any atom is 0.425 e. The minimum atomic E-state index is -4.49. The molecule has 110 valence electrons. The molecule has 1 fully saturated rings. The third-order valence-corrected chi connectivity index (χ3v) is 4.15. The Kier molecular flexibility index (Phi) is 4.03. The van der Waals surface area contributed by atoms with Gasteiger partial charge in [-0.05, 0) is 25.3 Å². The second-order valence-electron chi connectivity index (χ2n) is 4.55. The first-order valence-electron chi connectivity index (χ1n) is 6.00. The zero-order chi connectivity index (χ0) is 14.9. The van der Waals surface area contributed by atoms with Crippen LogP contribution in [0.2, 0.25) is 0 Å². The normalized spacial score (nSPS) is 19.9. The molecule has 0 spiro atoms. The number of halogens is 3. The molecule has 8 heteroatoms. The number of rotatable bonds is 2. The van der Waals surface area contributed by atoms with Gasteiger partial charge < -0.3 is 10.0 Å². The smallest absolute Gasteiger partial charge is 0.425 e. The van der Waals surface area contributed by atoms with Crippen molar-refractivity contribution in [2.75, 3.05) is 6.54 Å². The Morgan fingerprint density at radius 3 is 2.60 bits per heavy atom. The lowest BCUT2D eigenvalue weighted by Crippen LogP contribution is -2.47. The highest BCUT2D eigenvalue weighted by atomic mass is 32.1. The molecule has 2 heterocycles. The van der Waals surface area contributed by atoms with Crippen LogP contribution in [0.25, 0.3) is 0 Å². The Balaban J connectivity index is 2.21. The van der Waals surface area contributed by atoms with Crippen LogP contribution in [0.1, 0.15) is 34.5 Å². The minimum absolute atomic E-state index is 0.101. The van der Waals surface area contributed by atoms with E-state index >= 15 is 0 Å². The second-order valence-corrected chi connectivity index (χ2v) is 5.46. The fourth-order valence-electron chi connectivity index (χ4n) is 2.19. The summed E-state index contributed by atoms with van der Waals surface area (Å²) in [6, 6.07) is -0.175. The van der Waals surface area contributed by atoms with Crippen molar-refractivity contribution in [2.24, 2.45) is 0 Å². The first-order valence-corrected chi connectivity index (χ1v) is 6.88. The number of piperidine rings is 1. The van der Waals surface area contributed by atoms with E-state index in [0.717, 1.165) is 16.3 Å².